The van der Waals surface area contributed by atoms with Crippen LogP contribution < -0.4 is 11.4 Å². The number of nitro groups is 1. The van der Waals surface area contributed by atoms with Crippen LogP contribution in [0.2, 0.25) is 0 Å². The number of para-hydroxylation sites is 1. The van der Waals surface area contributed by atoms with E-state index in [9.17, 15) is 19.7 Å². The van der Waals surface area contributed by atoms with Crippen molar-refractivity contribution in [2.45, 2.75) is 0 Å². The number of benzene rings is 3. The number of halogens is 2. The minimum Gasteiger partial charge on any atom is -0.305 e. The summed E-state index contributed by atoms with van der Waals surface area (Å²) in [6, 6.07) is 14.8. The minimum absolute atomic E-state index is 0.0492. The fraction of sp³-hybridized carbons (Fsp3) is 0. The molecule has 2 N–H and O–H groups in total. The van der Waals surface area contributed by atoms with Gasteiger partial charge in [0.1, 0.15) is 11.4 Å². The molecule has 0 amide bonds. The van der Waals surface area contributed by atoms with E-state index in [4.69, 9.17) is 0 Å². The van der Waals surface area contributed by atoms with Gasteiger partial charge in [0.05, 0.1) is 27.0 Å². The Hall–Kier alpha value is -3.44. The van der Waals surface area contributed by atoms with E-state index >= 15 is 0 Å². The Bertz CT molecular complexity index is 1530. The smallest absolute Gasteiger partial charge is 0.305 e. The van der Waals surface area contributed by atoms with Crippen LogP contribution in [0.1, 0.15) is 0 Å². The van der Waals surface area contributed by atoms with Crippen molar-refractivity contribution < 1.29 is 4.92 Å². The van der Waals surface area contributed by atoms with E-state index in [1.807, 2.05) is 0 Å². The van der Waals surface area contributed by atoms with Crippen LogP contribution in [0.15, 0.2) is 73.1 Å². The Morgan fingerprint density at radius 3 is 1.65 bits per heavy atom. The lowest BCUT2D eigenvalue weighted by molar-refractivity contribution is -0.384. The van der Waals surface area contributed by atoms with Crippen LogP contribution in [-0.4, -0.2) is 24.0 Å². The second-order valence-electron chi connectivity index (χ2n) is 6.76. The molecule has 5 rings (SSSR count). The van der Waals surface area contributed by atoms with Gasteiger partial charge in [-0.25, -0.2) is 9.59 Å². The first-order valence-corrected chi connectivity index (χ1v) is 10.5. The number of hydrogen-bond donors (Lipinski definition) is 2. The molecule has 9 nitrogen and oxygen atoms in total. The Morgan fingerprint density at radius 2 is 1.23 bits per heavy atom. The third-order valence-electron chi connectivity index (χ3n) is 4.95. The SMILES string of the molecule is O=c1[nH]c2ccc(Br)cc2n1-c1cccc(-n2c(=O)[nH]c3ccc(Br)cc32)c1[N+](=O)[O-]. The third-order valence-corrected chi connectivity index (χ3v) is 5.94. The van der Waals surface area contributed by atoms with Crippen molar-refractivity contribution in [3.63, 3.8) is 0 Å². The second kappa shape index (κ2) is 7.06. The molecular formula is C20H11Br2N5O4. The maximum atomic E-state index is 12.7. The van der Waals surface area contributed by atoms with Crippen LogP contribution >= 0.6 is 31.9 Å². The molecule has 0 radical (unpaired) electrons. The average molecular weight is 545 g/mol. The lowest BCUT2D eigenvalue weighted by Gasteiger charge is -2.10. The lowest BCUT2D eigenvalue weighted by atomic mass is 10.2. The van der Waals surface area contributed by atoms with Crippen molar-refractivity contribution >= 4 is 59.6 Å². The maximum Gasteiger partial charge on any atom is 0.331 e. The summed E-state index contributed by atoms with van der Waals surface area (Å²) >= 11 is 6.74. The lowest BCUT2D eigenvalue weighted by Crippen LogP contribution is -2.19. The minimum atomic E-state index is -0.586. The fourth-order valence-corrected chi connectivity index (χ4v) is 4.40. The molecule has 0 spiro atoms. The maximum absolute atomic E-state index is 12.7. The highest BCUT2D eigenvalue weighted by molar-refractivity contribution is 9.10. The Labute approximate surface area is 189 Å². The number of nitrogens with one attached hydrogen (secondary N) is 2. The largest absolute Gasteiger partial charge is 0.331 e. The van der Waals surface area contributed by atoms with Gasteiger partial charge < -0.3 is 9.97 Å². The summed E-state index contributed by atoms with van der Waals surface area (Å²) in [4.78, 5) is 42.5. The van der Waals surface area contributed by atoms with Crippen LogP contribution in [-0.2, 0) is 0 Å². The van der Waals surface area contributed by atoms with E-state index in [-0.39, 0.29) is 17.1 Å². The van der Waals surface area contributed by atoms with E-state index < -0.39 is 16.3 Å². The molecule has 0 aliphatic carbocycles. The molecule has 0 aliphatic rings. The van der Waals surface area contributed by atoms with E-state index in [0.717, 1.165) is 0 Å². The number of nitro benzene ring substituents is 1. The molecule has 0 bridgehead atoms. The van der Waals surface area contributed by atoms with E-state index in [0.29, 0.717) is 31.0 Å². The third kappa shape index (κ3) is 3.04. The predicted octanol–water partition coefficient (Wildman–Crippen LogP) is 4.38. The normalized spacial score (nSPS) is 11.4. The first-order chi connectivity index (χ1) is 14.8. The molecule has 0 saturated heterocycles. The Kier molecular flexibility index (Phi) is 4.45. The zero-order valence-electron chi connectivity index (χ0n) is 15.4. The van der Waals surface area contributed by atoms with Gasteiger partial charge in [-0.1, -0.05) is 37.9 Å². The molecule has 0 unspecified atom stereocenters. The first kappa shape index (κ1) is 19.5. The molecule has 2 heterocycles. The molecule has 0 atom stereocenters. The van der Waals surface area contributed by atoms with Crippen LogP contribution in [0.4, 0.5) is 5.69 Å². The molecule has 0 aliphatic heterocycles. The van der Waals surface area contributed by atoms with E-state index in [1.165, 1.54) is 21.3 Å². The molecule has 0 saturated carbocycles. The number of rotatable bonds is 3. The number of aromatic nitrogens is 4. The van der Waals surface area contributed by atoms with Gasteiger partial charge in [-0.15, -0.1) is 0 Å². The highest BCUT2D eigenvalue weighted by Gasteiger charge is 2.26. The quantitative estimate of drug-likeness (QED) is 0.259. The summed E-state index contributed by atoms with van der Waals surface area (Å²) in [6.07, 6.45) is 0. The molecule has 31 heavy (non-hydrogen) atoms. The van der Waals surface area contributed by atoms with Crippen molar-refractivity contribution in [1.29, 1.82) is 0 Å². The molecular weight excluding hydrogens is 534 g/mol. The number of imidazole rings is 2. The zero-order chi connectivity index (χ0) is 21.9. The van der Waals surface area contributed by atoms with Crippen molar-refractivity contribution in [2.75, 3.05) is 0 Å². The molecule has 11 heteroatoms. The van der Waals surface area contributed by atoms with Gasteiger partial charge in [0.15, 0.2) is 0 Å². The summed E-state index contributed by atoms with van der Waals surface area (Å²) in [5.74, 6) is 0. The van der Waals surface area contributed by atoms with Crippen LogP contribution in [0.3, 0.4) is 0 Å². The van der Waals surface area contributed by atoms with Crippen LogP contribution in [0.25, 0.3) is 33.4 Å². The number of hydrogen-bond acceptors (Lipinski definition) is 4. The van der Waals surface area contributed by atoms with Crippen molar-refractivity contribution in [3.05, 3.63) is 94.6 Å². The summed E-state index contributed by atoms with van der Waals surface area (Å²) in [6.45, 7) is 0. The second-order valence-corrected chi connectivity index (χ2v) is 8.59. The molecule has 154 valence electrons. The Morgan fingerprint density at radius 1 is 0.774 bits per heavy atom. The van der Waals surface area contributed by atoms with Crippen molar-refractivity contribution in [2.24, 2.45) is 0 Å². The highest BCUT2D eigenvalue weighted by atomic mass is 79.9. The molecule has 3 aromatic carbocycles. The first-order valence-electron chi connectivity index (χ1n) is 8.94. The van der Waals surface area contributed by atoms with Gasteiger partial charge in [0, 0.05) is 8.95 Å². The monoisotopic (exact) mass is 543 g/mol. The topological polar surface area (TPSA) is 119 Å². The summed E-state index contributed by atoms with van der Waals surface area (Å²) < 4.78 is 3.89. The van der Waals surface area contributed by atoms with Gasteiger partial charge in [0.2, 0.25) is 0 Å². The Balaban J connectivity index is 1.90. The molecule has 2 aromatic heterocycles. The number of fused-ring (bicyclic) bond motifs is 2. The van der Waals surface area contributed by atoms with E-state index in [1.54, 1.807) is 42.5 Å². The number of aromatic amines is 2. The van der Waals surface area contributed by atoms with Crippen molar-refractivity contribution in [1.82, 2.24) is 19.1 Å². The summed E-state index contributed by atoms with van der Waals surface area (Å²) in [7, 11) is 0. The highest BCUT2D eigenvalue weighted by Crippen LogP contribution is 2.33. The van der Waals surface area contributed by atoms with Gasteiger partial charge >= 0.3 is 17.1 Å². The predicted molar refractivity (Wildman–Crippen MR) is 123 cm³/mol. The molecule has 5 aromatic rings. The number of nitrogens with zero attached hydrogens (tertiary/aromatic N) is 3. The van der Waals surface area contributed by atoms with Crippen LogP contribution in [0, 0.1) is 10.1 Å². The van der Waals surface area contributed by atoms with Gasteiger partial charge in [-0.05, 0) is 48.5 Å². The van der Waals surface area contributed by atoms with Gasteiger partial charge in [-0.3, -0.25) is 19.2 Å². The van der Waals surface area contributed by atoms with Gasteiger partial charge in [0.25, 0.3) is 0 Å². The summed E-state index contributed by atoms with van der Waals surface area (Å²) in [5, 5.41) is 12.2. The standard InChI is InChI=1S/C20H11Br2N5O4/c21-10-4-6-12-16(8-10)25(19(28)23-12)14-2-1-3-15(18(14)27(30)31)26-17-9-11(22)5-7-13(17)24-20(26)29/h1-9H,(H,23,28)(H,24,29). The van der Waals surface area contributed by atoms with Crippen molar-refractivity contribution in [3.8, 4) is 11.4 Å². The average Bonchev–Trinajstić information content (AvgIpc) is 3.21. The van der Waals surface area contributed by atoms with E-state index in [2.05, 4.69) is 41.8 Å². The van der Waals surface area contributed by atoms with Gasteiger partial charge in [-0.2, -0.15) is 0 Å². The fourth-order valence-electron chi connectivity index (χ4n) is 3.70. The summed E-state index contributed by atoms with van der Waals surface area (Å²) in [5.41, 5.74) is 0.670. The van der Waals surface area contributed by atoms with Crippen LogP contribution in [0.5, 0.6) is 0 Å². The number of H-pyrrole nitrogens is 2. The zero-order valence-corrected chi connectivity index (χ0v) is 18.6. The molecule has 0 fully saturated rings.